The minimum atomic E-state index is -0.522. The van der Waals surface area contributed by atoms with E-state index in [0.29, 0.717) is 33.3 Å². The molecule has 31 heavy (non-hydrogen) atoms. The second-order valence-electron chi connectivity index (χ2n) is 7.15. The summed E-state index contributed by atoms with van der Waals surface area (Å²) in [5, 5.41) is 18.3. The Kier molecular flexibility index (Phi) is 6.44. The van der Waals surface area contributed by atoms with Gasteiger partial charge in [0.25, 0.3) is 5.91 Å². The lowest BCUT2D eigenvalue weighted by Crippen LogP contribution is -2.25. The summed E-state index contributed by atoms with van der Waals surface area (Å²) < 4.78 is 0. The highest BCUT2D eigenvalue weighted by molar-refractivity contribution is 6.34. The molecule has 160 valence electrons. The molecule has 0 aliphatic carbocycles. The maximum Gasteiger partial charge on any atom is 0.274 e. The number of halogens is 2. The van der Waals surface area contributed by atoms with Crippen molar-refractivity contribution in [3.63, 3.8) is 0 Å². The largest absolute Gasteiger partial charge is 0.504 e. The molecule has 0 atom stereocenters. The highest BCUT2D eigenvalue weighted by Crippen LogP contribution is 2.30. The SMILES string of the molecule is O=C(NCc1cc(Cl)cc(Cl)c1)c1nc(NCCN2C=CCC2)c2cccnc2c1O. The highest BCUT2D eigenvalue weighted by atomic mass is 35.5. The summed E-state index contributed by atoms with van der Waals surface area (Å²) in [6.07, 6.45) is 6.82. The number of nitrogens with zero attached hydrogens (tertiary/aromatic N) is 3. The van der Waals surface area contributed by atoms with E-state index in [-0.39, 0.29) is 18.0 Å². The van der Waals surface area contributed by atoms with Gasteiger partial charge in [0.2, 0.25) is 0 Å². The summed E-state index contributed by atoms with van der Waals surface area (Å²) in [4.78, 5) is 23.7. The van der Waals surface area contributed by atoms with Crippen molar-refractivity contribution < 1.29 is 9.90 Å². The average molecular weight is 458 g/mol. The van der Waals surface area contributed by atoms with Gasteiger partial charge in [0.05, 0.1) is 0 Å². The molecule has 3 heterocycles. The van der Waals surface area contributed by atoms with Crippen molar-refractivity contribution >= 4 is 45.8 Å². The lowest BCUT2D eigenvalue weighted by atomic mass is 10.2. The van der Waals surface area contributed by atoms with Gasteiger partial charge in [-0.15, -0.1) is 0 Å². The monoisotopic (exact) mass is 457 g/mol. The number of aromatic nitrogens is 2. The van der Waals surface area contributed by atoms with E-state index in [1.165, 1.54) is 0 Å². The van der Waals surface area contributed by atoms with Crippen molar-refractivity contribution in [1.82, 2.24) is 20.2 Å². The molecule has 9 heteroatoms. The molecular weight excluding hydrogens is 437 g/mol. The number of carbonyl (C=O) groups is 1. The van der Waals surface area contributed by atoms with Crippen LogP contribution >= 0.6 is 23.2 Å². The van der Waals surface area contributed by atoms with Crippen molar-refractivity contribution in [3.05, 3.63) is 70.1 Å². The van der Waals surface area contributed by atoms with Crippen molar-refractivity contribution in [2.45, 2.75) is 13.0 Å². The second kappa shape index (κ2) is 9.41. The van der Waals surface area contributed by atoms with Crippen LogP contribution in [-0.2, 0) is 6.54 Å². The maximum absolute atomic E-state index is 12.8. The third-order valence-corrected chi connectivity index (χ3v) is 5.35. The van der Waals surface area contributed by atoms with E-state index in [9.17, 15) is 9.90 Å². The number of rotatable bonds is 7. The third-order valence-electron chi connectivity index (χ3n) is 4.92. The van der Waals surface area contributed by atoms with Crippen LogP contribution in [0.4, 0.5) is 5.82 Å². The van der Waals surface area contributed by atoms with Crippen LogP contribution in [0.25, 0.3) is 10.9 Å². The Balaban J connectivity index is 1.55. The quantitative estimate of drug-likeness (QED) is 0.492. The molecule has 7 nitrogen and oxygen atoms in total. The summed E-state index contributed by atoms with van der Waals surface area (Å²) >= 11 is 12.0. The van der Waals surface area contributed by atoms with E-state index in [1.54, 1.807) is 30.5 Å². The summed E-state index contributed by atoms with van der Waals surface area (Å²) in [5.41, 5.74) is 0.959. The van der Waals surface area contributed by atoms with Crippen LogP contribution < -0.4 is 10.6 Å². The molecule has 1 aliphatic heterocycles. The number of hydrogen-bond acceptors (Lipinski definition) is 6. The molecule has 2 aromatic heterocycles. The van der Waals surface area contributed by atoms with Gasteiger partial charge in [-0.25, -0.2) is 4.98 Å². The van der Waals surface area contributed by atoms with Gasteiger partial charge in [-0.1, -0.05) is 29.3 Å². The molecule has 0 spiro atoms. The average Bonchev–Trinajstić information content (AvgIpc) is 3.27. The number of nitrogens with one attached hydrogen (secondary N) is 2. The standard InChI is InChI=1S/C22H21Cl2N5O2/c23-15-10-14(11-16(24)12-15)13-27-22(31)19-20(30)18-17(4-3-5-25-18)21(28-19)26-6-9-29-7-1-2-8-29/h1,3-5,7,10-12,30H,2,6,8-9,13H2,(H,26,28)(H,27,31). The molecule has 3 aromatic rings. The van der Waals surface area contributed by atoms with Gasteiger partial charge in [0, 0.05) is 47.8 Å². The minimum Gasteiger partial charge on any atom is -0.504 e. The fraction of sp³-hybridized carbons (Fsp3) is 0.227. The molecule has 0 unspecified atom stereocenters. The molecule has 0 bridgehead atoms. The number of pyridine rings is 2. The molecule has 0 fully saturated rings. The zero-order chi connectivity index (χ0) is 21.8. The first kappa shape index (κ1) is 21.2. The molecular formula is C22H21Cl2N5O2. The molecule has 0 saturated heterocycles. The van der Waals surface area contributed by atoms with E-state index in [0.717, 1.165) is 25.1 Å². The summed E-state index contributed by atoms with van der Waals surface area (Å²) in [7, 11) is 0. The Morgan fingerprint density at radius 3 is 2.77 bits per heavy atom. The predicted octanol–water partition coefficient (Wildman–Crippen LogP) is 4.20. The molecule has 3 N–H and O–H groups in total. The van der Waals surface area contributed by atoms with E-state index >= 15 is 0 Å². The maximum atomic E-state index is 12.8. The van der Waals surface area contributed by atoms with Crippen LogP contribution in [0, 0.1) is 0 Å². The number of hydrogen-bond donors (Lipinski definition) is 3. The second-order valence-corrected chi connectivity index (χ2v) is 8.03. The van der Waals surface area contributed by atoms with Crippen LogP contribution in [-0.4, -0.2) is 45.5 Å². The Morgan fingerprint density at radius 2 is 2.03 bits per heavy atom. The summed E-state index contributed by atoms with van der Waals surface area (Å²) in [6, 6.07) is 8.61. The zero-order valence-corrected chi connectivity index (χ0v) is 18.1. The molecule has 0 saturated carbocycles. The lowest BCUT2D eigenvalue weighted by molar-refractivity contribution is 0.0943. The van der Waals surface area contributed by atoms with Crippen LogP contribution in [0.2, 0.25) is 10.0 Å². The van der Waals surface area contributed by atoms with Gasteiger partial charge in [-0.05, 0) is 48.5 Å². The first-order chi connectivity index (χ1) is 15.0. The number of amides is 1. The Labute approximate surface area is 189 Å². The number of fused-ring (bicyclic) bond motifs is 1. The Hall–Kier alpha value is -3.03. The van der Waals surface area contributed by atoms with Gasteiger partial charge < -0.3 is 20.6 Å². The number of aromatic hydroxyl groups is 1. The molecule has 1 aromatic carbocycles. The first-order valence-corrected chi connectivity index (χ1v) is 10.6. The fourth-order valence-electron chi connectivity index (χ4n) is 3.44. The minimum absolute atomic E-state index is 0.0945. The molecule has 1 amide bonds. The van der Waals surface area contributed by atoms with Gasteiger partial charge in [-0.3, -0.25) is 9.78 Å². The van der Waals surface area contributed by atoms with E-state index in [1.807, 2.05) is 6.07 Å². The van der Waals surface area contributed by atoms with Gasteiger partial charge in [0.1, 0.15) is 11.3 Å². The highest BCUT2D eigenvalue weighted by Gasteiger charge is 2.20. The van der Waals surface area contributed by atoms with Gasteiger partial charge in [-0.2, -0.15) is 0 Å². The summed E-state index contributed by atoms with van der Waals surface area (Å²) in [6.45, 7) is 2.62. The van der Waals surface area contributed by atoms with Gasteiger partial charge in [0.15, 0.2) is 11.4 Å². The third kappa shape index (κ3) is 5.00. The smallest absolute Gasteiger partial charge is 0.274 e. The van der Waals surface area contributed by atoms with Crippen LogP contribution in [0.15, 0.2) is 48.8 Å². The van der Waals surface area contributed by atoms with Crippen molar-refractivity contribution in [2.75, 3.05) is 25.0 Å². The van der Waals surface area contributed by atoms with Crippen LogP contribution in [0.5, 0.6) is 5.75 Å². The fourth-order valence-corrected chi connectivity index (χ4v) is 4.01. The van der Waals surface area contributed by atoms with Crippen molar-refractivity contribution in [2.24, 2.45) is 0 Å². The van der Waals surface area contributed by atoms with E-state index in [4.69, 9.17) is 23.2 Å². The Morgan fingerprint density at radius 1 is 1.23 bits per heavy atom. The first-order valence-electron chi connectivity index (χ1n) is 9.87. The molecule has 0 radical (unpaired) electrons. The zero-order valence-electron chi connectivity index (χ0n) is 16.6. The van der Waals surface area contributed by atoms with Crippen molar-refractivity contribution in [3.8, 4) is 5.75 Å². The normalized spacial score (nSPS) is 13.0. The lowest BCUT2D eigenvalue weighted by Gasteiger charge is -2.17. The van der Waals surface area contributed by atoms with E-state index in [2.05, 4.69) is 37.8 Å². The van der Waals surface area contributed by atoms with Crippen molar-refractivity contribution in [1.29, 1.82) is 0 Å². The van der Waals surface area contributed by atoms with Gasteiger partial charge >= 0.3 is 0 Å². The number of anilines is 1. The predicted molar refractivity (Wildman–Crippen MR) is 123 cm³/mol. The number of carbonyl (C=O) groups excluding carboxylic acids is 1. The van der Waals surface area contributed by atoms with E-state index < -0.39 is 5.91 Å². The summed E-state index contributed by atoms with van der Waals surface area (Å²) in [5.74, 6) is -0.281. The number of benzene rings is 1. The molecule has 1 aliphatic rings. The topological polar surface area (TPSA) is 90.4 Å². The van der Waals surface area contributed by atoms with Crippen LogP contribution in [0.1, 0.15) is 22.5 Å². The Bertz CT molecular complexity index is 1130. The molecule has 4 rings (SSSR count). The van der Waals surface area contributed by atoms with Crippen LogP contribution in [0.3, 0.4) is 0 Å².